The van der Waals surface area contributed by atoms with E-state index < -0.39 is 0 Å². The number of piperidine rings is 1. The number of hydrogen-bond donors (Lipinski definition) is 0. The van der Waals surface area contributed by atoms with E-state index in [1.807, 2.05) is 32.6 Å². The summed E-state index contributed by atoms with van der Waals surface area (Å²) in [4.78, 5) is 38.0. The highest BCUT2D eigenvalue weighted by atomic mass is 16.2. The number of hydrogen-bond acceptors (Lipinski definition) is 3. The number of rotatable bonds is 7. The molecule has 0 aromatic heterocycles. The van der Waals surface area contributed by atoms with Crippen LogP contribution in [-0.2, 0) is 14.4 Å². The minimum absolute atomic E-state index is 0.0265. The van der Waals surface area contributed by atoms with Crippen molar-refractivity contribution in [2.24, 2.45) is 11.8 Å². The molecule has 0 aliphatic carbocycles. The molecule has 0 saturated carbocycles. The lowest BCUT2D eigenvalue weighted by Crippen LogP contribution is -2.38. The SMILES string of the molecule is CC.CC.CC1CCN(C(=O)CCCN(C)C(=O)C(C)CC=O)CC1. The predicted octanol–water partition coefficient (Wildman–Crippen LogP) is 3.76. The van der Waals surface area contributed by atoms with Crippen LogP contribution >= 0.6 is 0 Å². The molecule has 25 heavy (non-hydrogen) atoms. The smallest absolute Gasteiger partial charge is 0.225 e. The molecule has 1 unspecified atom stereocenters. The van der Waals surface area contributed by atoms with Gasteiger partial charge in [-0.2, -0.15) is 0 Å². The van der Waals surface area contributed by atoms with Crippen molar-refractivity contribution in [2.75, 3.05) is 26.7 Å². The zero-order valence-electron chi connectivity index (χ0n) is 17.5. The van der Waals surface area contributed by atoms with Crippen molar-refractivity contribution in [3.05, 3.63) is 0 Å². The first-order chi connectivity index (χ1) is 12.0. The molecule has 5 heteroatoms. The third-order valence-corrected chi connectivity index (χ3v) is 4.27. The summed E-state index contributed by atoms with van der Waals surface area (Å²) in [6.07, 6.45) is 4.39. The lowest BCUT2D eigenvalue weighted by Gasteiger charge is -2.30. The number of amides is 2. The second-order valence-corrected chi connectivity index (χ2v) is 6.23. The van der Waals surface area contributed by atoms with Gasteiger partial charge in [-0.25, -0.2) is 0 Å². The van der Waals surface area contributed by atoms with E-state index in [-0.39, 0.29) is 24.2 Å². The van der Waals surface area contributed by atoms with Gasteiger partial charge in [0.15, 0.2) is 0 Å². The first-order valence-corrected chi connectivity index (χ1v) is 9.92. The van der Waals surface area contributed by atoms with Gasteiger partial charge in [0.2, 0.25) is 11.8 Å². The van der Waals surface area contributed by atoms with Crippen LogP contribution in [0.1, 0.15) is 73.6 Å². The highest BCUT2D eigenvalue weighted by molar-refractivity contribution is 5.80. The molecule has 2 amide bonds. The van der Waals surface area contributed by atoms with Gasteiger partial charge in [-0.3, -0.25) is 9.59 Å². The van der Waals surface area contributed by atoms with Gasteiger partial charge in [0, 0.05) is 45.4 Å². The molecule has 0 aromatic rings. The number of nitrogens with zero attached hydrogens (tertiary/aromatic N) is 2. The number of aldehydes is 1. The number of likely N-dealkylation sites (tertiary alicyclic amines) is 1. The topological polar surface area (TPSA) is 57.7 Å². The Labute approximate surface area is 155 Å². The molecule has 0 N–H and O–H groups in total. The van der Waals surface area contributed by atoms with Crippen molar-refractivity contribution in [2.45, 2.75) is 73.6 Å². The Kier molecular flexibility index (Phi) is 16.6. The van der Waals surface area contributed by atoms with E-state index in [9.17, 15) is 14.4 Å². The van der Waals surface area contributed by atoms with Crippen LogP contribution in [0.5, 0.6) is 0 Å². The van der Waals surface area contributed by atoms with Crippen LogP contribution in [0.2, 0.25) is 0 Å². The van der Waals surface area contributed by atoms with Crippen LogP contribution in [-0.4, -0.2) is 54.6 Å². The van der Waals surface area contributed by atoms with Crippen molar-refractivity contribution < 1.29 is 14.4 Å². The summed E-state index contributed by atoms with van der Waals surface area (Å²) in [7, 11) is 1.73. The zero-order chi connectivity index (χ0) is 19.8. The molecule has 1 rings (SSSR count). The minimum Gasteiger partial charge on any atom is -0.346 e. The minimum atomic E-state index is -0.271. The lowest BCUT2D eigenvalue weighted by molar-refractivity contribution is -0.136. The van der Waals surface area contributed by atoms with Gasteiger partial charge in [-0.15, -0.1) is 0 Å². The Morgan fingerprint density at radius 2 is 1.68 bits per heavy atom. The maximum absolute atomic E-state index is 12.1. The van der Waals surface area contributed by atoms with E-state index in [1.54, 1.807) is 18.9 Å². The van der Waals surface area contributed by atoms with E-state index >= 15 is 0 Å². The van der Waals surface area contributed by atoms with E-state index in [2.05, 4.69) is 6.92 Å². The molecule has 148 valence electrons. The summed E-state index contributed by atoms with van der Waals surface area (Å²) in [6, 6.07) is 0. The predicted molar refractivity (Wildman–Crippen MR) is 104 cm³/mol. The molecule has 0 radical (unpaired) electrons. The summed E-state index contributed by atoms with van der Waals surface area (Å²) in [5, 5.41) is 0. The fourth-order valence-electron chi connectivity index (χ4n) is 2.62. The van der Waals surface area contributed by atoms with Crippen molar-refractivity contribution >= 4 is 18.1 Å². The lowest BCUT2D eigenvalue weighted by atomic mass is 9.99. The van der Waals surface area contributed by atoms with Crippen LogP contribution in [0, 0.1) is 11.8 Å². The first-order valence-electron chi connectivity index (χ1n) is 9.92. The van der Waals surface area contributed by atoms with Crippen LogP contribution in [0.15, 0.2) is 0 Å². The summed E-state index contributed by atoms with van der Waals surface area (Å²) >= 11 is 0. The molecule has 0 aromatic carbocycles. The summed E-state index contributed by atoms with van der Waals surface area (Å²) in [6.45, 7) is 14.3. The van der Waals surface area contributed by atoms with Crippen LogP contribution in [0.25, 0.3) is 0 Å². The molecule has 0 bridgehead atoms. The molecule has 1 heterocycles. The van der Waals surface area contributed by atoms with Gasteiger partial charge < -0.3 is 14.6 Å². The van der Waals surface area contributed by atoms with Gasteiger partial charge in [0.1, 0.15) is 6.29 Å². The maximum Gasteiger partial charge on any atom is 0.225 e. The van der Waals surface area contributed by atoms with Gasteiger partial charge in [0.05, 0.1) is 0 Å². The van der Waals surface area contributed by atoms with E-state index in [0.29, 0.717) is 19.4 Å². The van der Waals surface area contributed by atoms with E-state index in [4.69, 9.17) is 0 Å². The monoisotopic (exact) mass is 356 g/mol. The second kappa shape index (κ2) is 16.1. The van der Waals surface area contributed by atoms with Crippen LogP contribution < -0.4 is 0 Å². The third kappa shape index (κ3) is 11.0. The molecular weight excluding hydrogens is 316 g/mol. The van der Waals surface area contributed by atoms with Gasteiger partial charge >= 0.3 is 0 Å². The molecular formula is C20H40N2O3. The zero-order valence-corrected chi connectivity index (χ0v) is 17.5. The highest BCUT2D eigenvalue weighted by Crippen LogP contribution is 2.17. The molecule has 1 atom stereocenters. The van der Waals surface area contributed by atoms with E-state index in [1.165, 1.54) is 0 Å². The molecule has 1 fully saturated rings. The van der Waals surface area contributed by atoms with Crippen molar-refractivity contribution in [3.8, 4) is 0 Å². The average molecular weight is 357 g/mol. The highest BCUT2D eigenvalue weighted by Gasteiger charge is 2.21. The largest absolute Gasteiger partial charge is 0.346 e. The molecule has 0 spiro atoms. The first kappa shape index (κ1) is 25.8. The summed E-state index contributed by atoms with van der Waals surface area (Å²) < 4.78 is 0. The second-order valence-electron chi connectivity index (χ2n) is 6.23. The van der Waals surface area contributed by atoms with E-state index in [0.717, 1.165) is 38.1 Å². The Morgan fingerprint density at radius 1 is 1.16 bits per heavy atom. The van der Waals surface area contributed by atoms with Gasteiger partial charge in [-0.1, -0.05) is 41.5 Å². The molecule has 5 nitrogen and oxygen atoms in total. The van der Waals surface area contributed by atoms with Gasteiger partial charge in [0.25, 0.3) is 0 Å². The van der Waals surface area contributed by atoms with Crippen molar-refractivity contribution in [3.63, 3.8) is 0 Å². The average Bonchev–Trinajstić information content (AvgIpc) is 2.65. The standard InChI is InChI=1S/C16H28N2O3.2C2H6/c1-13-6-10-18(11-7-13)15(20)5-4-9-17(3)16(21)14(2)8-12-19;2*1-2/h12-14H,4-11H2,1-3H3;2*1-2H3. The summed E-state index contributed by atoms with van der Waals surface area (Å²) in [5.74, 6) is 0.619. The third-order valence-electron chi connectivity index (χ3n) is 4.27. The Hall–Kier alpha value is -1.39. The fraction of sp³-hybridized carbons (Fsp3) is 0.850. The molecule has 1 saturated heterocycles. The quantitative estimate of drug-likeness (QED) is 0.653. The van der Waals surface area contributed by atoms with Crippen LogP contribution in [0.4, 0.5) is 0 Å². The maximum atomic E-state index is 12.1. The molecule has 1 aliphatic rings. The number of carbonyl (C=O) groups is 3. The Bertz CT molecular complexity index is 364. The summed E-state index contributed by atoms with van der Waals surface area (Å²) in [5.41, 5.74) is 0. The van der Waals surface area contributed by atoms with Crippen LogP contribution in [0.3, 0.4) is 0 Å². The van der Waals surface area contributed by atoms with Crippen molar-refractivity contribution in [1.82, 2.24) is 9.80 Å². The fourth-order valence-corrected chi connectivity index (χ4v) is 2.62. The number of carbonyl (C=O) groups excluding carboxylic acids is 3. The molecule has 1 aliphatic heterocycles. The normalized spacial score (nSPS) is 15.1. The van der Waals surface area contributed by atoms with Gasteiger partial charge in [-0.05, 0) is 25.2 Å². The Balaban J connectivity index is 0. The Morgan fingerprint density at radius 3 is 2.16 bits per heavy atom. The van der Waals surface area contributed by atoms with Crippen molar-refractivity contribution in [1.29, 1.82) is 0 Å².